The number of piperazine rings is 1. The summed E-state index contributed by atoms with van der Waals surface area (Å²) in [4.78, 5) is 2.42. The second-order valence-electron chi connectivity index (χ2n) is 6.00. The van der Waals surface area contributed by atoms with Gasteiger partial charge in [0.15, 0.2) is 0 Å². The van der Waals surface area contributed by atoms with Gasteiger partial charge < -0.3 is 10.4 Å². The van der Waals surface area contributed by atoms with Gasteiger partial charge in [-0.05, 0) is 17.7 Å². The normalized spacial score (nSPS) is 18.1. The van der Waals surface area contributed by atoms with E-state index in [-0.39, 0.29) is 30.5 Å². The van der Waals surface area contributed by atoms with Crippen molar-refractivity contribution in [3.63, 3.8) is 0 Å². The van der Waals surface area contributed by atoms with Crippen molar-refractivity contribution in [2.45, 2.75) is 19.9 Å². The Morgan fingerprint density at radius 3 is 2.52 bits per heavy atom. The smallest absolute Gasteiger partial charge is 0.0500 e. The summed E-state index contributed by atoms with van der Waals surface area (Å²) in [5, 5.41) is 13.9. The first-order chi connectivity index (χ1) is 9.45. The highest BCUT2D eigenvalue weighted by Gasteiger charge is 2.36. The summed E-state index contributed by atoms with van der Waals surface area (Å²) in [7, 11) is 0. The standard InChI is InChI=1S/C15H22BrClN2O.ClH/c1-15(2,10-20)14(19-7-5-18-6-8-19)12-4-3-11(16)9-13(12)17;/h3-4,9,14,18,20H,5-8,10H2,1-2H3;1H/t14-;/m0./s1. The van der Waals surface area contributed by atoms with E-state index in [1.165, 1.54) is 0 Å². The summed E-state index contributed by atoms with van der Waals surface area (Å²) in [5.41, 5.74) is 0.852. The third-order valence-corrected chi connectivity index (χ3v) is 4.74. The Labute approximate surface area is 146 Å². The molecule has 2 N–H and O–H groups in total. The Kier molecular flexibility index (Phi) is 7.44. The molecule has 3 nitrogen and oxygen atoms in total. The van der Waals surface area contributed by atoms with Gasteiger partial charge in [0, 0.05) is 53.7 Å². The van der Waals surface area contributed by atoms with E-state index in [0.29, 0.717) is 0 Å². The zero-order chi connectivity index (χ0) is 14.8. The summed E-state index contributed by atoms with van der Waals surface area (Å²) >= 11 is 9.90. The molecule has 1 heterocycles. The van der Waals surface area contributed by atoms with Gasteiger partial charge in [-0.2, -0.15) is 0 Å². The van der Waals surface area contributed by atoms with Gasteiger partial charge >= 0.3 is 0 Å². The van der Waals surface area contributed by atoms with Gasteiger partial charge in [-0.3, -0.25) is 4.90 Å². The number of nitrogens with zero attached hydrogens (tertiary/aromatic N) is 1. The van der Waals surface area contributed by atoms with Crippen LogP contribution >= 0.6 is 39.9 Å². The van der Waals surface area contributed by atoms with Gasteiger partial charge in [0.25, 0.3) is 0 Å². The Balaban J connectivity index is 0.00000220. The molecule has 1 aromatic rings. The van der Waals surface area contributed by atoms with E-state index in [2.05, 4.69) is 46.1 Å². The summed E-state index contributed by atoms with van der Waals surface area (Å²) in [6.07, 6.45) is 0. The van der Waals surface area contributed by atoms with Crippen molar-refractivity contribution >= 4 is 39.9 Å². The van der Waals surface area contributed by atoms with Crippen molar-refractivity contribution in [3.05, 3.63) is 33.3 Å². The number of aliphatic hydroxyl groups excluding tert-OH is 1. The maximum atomic E-state index is 9.81. The molecular weight excluding hydrogens is 375 g/mol. The summed E-state index contributed by atoms with van der Waals surface area (Å²) in [6, 6.07) is 6.13. The number of nitrogens with one attached hydrogen (secondary N) is 1. The minimum Gasteiger partial charge on any atom is -0.396 e. The van der Waals surface area contributed by atoms with Crippen LogP contribution in [0.4, 0.5) is 0 Å². The molecule has 0 radical (unpaired) electrons. The zero-order valence-electron chi connectivity index (χ0n) is 12.4. The van der Waals surface area contributed by atoms with Crippen LogP contribution in [0.5, 0.6) is 0 Å². The number of hydrogen-bond donors (Lipinski definition) is 2. The Morgan fingerprint density at radius 1 is 1.38 bits per heavy atom. The van der Waals surface area contributed by atoms with Crippen LogP contribution in [0, 0.1) is 5.41 Å². The minimum absolute atomic E-state index is 0. The molecule has 6 heteroatoms. The average Bonchev–Trinajstić information content (AvgIpc) is 2.43. The molecule has 1 aliphatic rings. The second kappa shape index (κ2) is 8.14. The lowest BCUT2D eigenvalue weighted by atomic mass is 9.79. The molecule has 1 aliphatic heterocycles. The fourth-order valence-electron chi connectivity index (χ4n) is 2.86. The summed E-state index contributed by atoms with van der Waals surface area (Å²) < 4.78 is 0.979. The molecule has 0 aromatic heterocycles. The van der Waals surface area contributed by atoms with E-state index in [4.69, 9.17) is 11.6 Å². The Hall–Kier alpha value is 0.160. The van der Waals surface area contributed by atoms with E-state index < -0.39 is 0 Å². The molecule has 21 heavy (non-hydrogen) atoms. The lowest BCUT2D eigenvalue weighted by Gasteiger charge is -2.43. The fraction of sp³-hybridized carbons (Fsp3) is 0.600. The van der Waals surface area contributed by atoms with E-state index in [1.807, 2.05) is 12.1 Å². The van der Waals surface area contributed by atoms with Crippen molar-refractivity contribution < 1.29 is 5.11 Å². The van der Waals surface area contributed by atoms with Crippen molar-refractivity contribution in [2.75, 3.05) is 32.8 Å². The highest BCUT2D eigenvalue weighted by atomic mass is 79.9. The molecule has 1 aromatic carbocycles. The molecule has 1 atom stereocenters. The van der Waals surface area contributed by atoms with Gasteiger partial charge in [-0.25, -0.2) is 0 Å². The third kappa shape index (κ3) is 4.57. The van der Waals surface area contributed by atoms with E-state index in [9.17, 15) is 5.11 Å². The van der Waals surface area contributed by atoms with Crippen LogP contribution in [-0.2, 0) is 0 Å². The Morgan fingerprint density at radius 2 is 2.00 bits per heavy atom. The van der Waals surface area contributed by atoms with Crippen LogP contribution in [0.25, 0.3) is 0 Å². The Bertz CT molecular complexity index is 465. The van der Waals surface area contributed by atoms with Gasteiger partial charge in [-0.15, -0.1) is 12.4 Å². The zero-order valence-corrected chi connectivity index (χ0v) is 15.6. The first-order valence-corrected chi connectivity index (χ1v) is 8.13. The predicted molar refractivity (Wildman–Crippen MR) is 94.5 cm³/mol. The molecule has 120 valence electrons. The molecule has 0 unspecified atom stereocenters. The molecular formula is C15H23BrCl2N2O. The van der Waals surface area contributed by atoms with Crippen molar-refractivity contribution in [2.24, 2.45) is 5.41 Å². The largest absolute Gasteiger partial charge is 0.396 e. The molecule has 0 saturated carbocycles. The highest BCUT2D eigenvalue weighted by molar-refractivity contribution is 9.10. The quantitative estimate of drug-likeness (QED) is 0.816. The SMILES string of the molecule is CC(C)(CO)[C@H](c1ccc(Br)cc1Cl)N1CCNCC1.Cl. The number of benzene rings is 1. The van der Waals surface area contributed by atoms with Gasteiger partial charge in [-0.1, -0.05) is 47.4 Å². The number of rotatable bonds is 4. The van der Waals surface area contributed by atoms with Crippen LogP contribution in [0.3, 0.4) is 0 Å². The van der Waals surface area contributed by atoms with Gasteiger partial charge in [0.05, 0.1) is 0 Å². The first kappa shape index (κ1) is 19.2. The molecule has 0 aliphatic carbocycles. The molecule has 1 fully saturated rings. The lowest BCUT2D eigenvalue weighted by molar-refractivity contribution is 0.0306. The third-order valence-electron chi connectivity index (χ3n) is 3.92. The molecule has 0 amide bonds. The van der Waals surface area contributed by atoms with Crippen LogP contribution in [-0.4, -0.2) is 42.8 Å². The highest BCUT2D eigenvalue weighted by Crippen LogP contribution is 2.41. The van der Waals surface area contributed by atoms with Crippen LogP contribution in [0.15, 0.2) is 22.7 Å². The van der Waals surface area contributed by atoms with E-state index in [0.717, 1.165) is 41.2 Å². The van der Waals surface area contributed by atoms with E-state index >= 15 is 0 Å². The second-order valence-corrected chi connectivity index (χ2v) is 7.32. The molecule has 1 saturated heterocycles. The predicted octanol–water partition coefficient (Wildman–Crippen LogP) is 3.49. The summed E-state index contributed by atoms with van der Waals surface area (Å²) in [6.45, 7) is 8.23. The molecule has 2 rings (SSSR count). The fourth-order valence-corrected chi connectivity index (χ4v) is 3.64. The van der Waals surface area contributed by atoms with Crippen LogP contribution in [0.2, 0.25) is 5.02 Å². The molecule has 0 bridgehead atoms. The number of halogens is 3. The van der Waals surface area contributed by atoms with Crippen LogP contribution in [0.1, 0.15) is 25.5 Å². The van der Waals surface area contributed by atoms with Crippen molar-refractivity contribution in [1.29, 1.82) is 0 Å². The summed E-state index contributed by atoms with van der Waals surface area (Å²) in [5.74, 6) is 0. The monoisotopic (exact) mass is 396 g/mol. The average molecular weight is 398 g/mol. The number of hydrogen-bond acceptors (Lipinski definition) is 3. The van der Waals surface area contributed by atoms with Crippen molar-refractivity contribution in [3.8, 4) is 0 Å². The van der Waals surface area contributed by atoms with Gasteiger partial charge in [0.2, 0.25) is 0 Å². The maximum Gasteiger partial charge on any atom is 0.0500 e. The first-order valence-electron chi connectivity index (χ1n) is 6.96. The van der Waals surface area contributed by atoms with E-state index in [1.54, 1.807) is 0 Å². The van der Waals surface area contributed by atoms with Crippen LogP contribution < -0.4 is 5.32 Å². The minimum atomic E-state index is -0.241. The van der Waals surface area contributed by atoms with Gasteiger partial charge in [0.1, 0.15) is 0 Å². The topological polar surface area (TPSA) is 35.5 Å². The number of aliphatic hydroxyl groups is 1. The maximum absolute atomic E-state index is 9.81. The lowest BCUT2D eigenvalue weighted by Crippen LogP contribution is -2.49. The molecule has 0 spiro atoms. The van der Waals surface area contributed by atoms with Crippen molar-refractivity contribution in [1.82, 2.24) is 10.2 Å².